The molecular formula is C23H28O7. The summed E-state index contributed by atoms with van der Waals surface area (Å²) in [5.41, 5.74) is 3.20. The summed E-state index contributed by atoms with van der Waals surface area (Å²) in [5, 5.41) is 11.3. The monoisotopic (exact) mass is 416 g/mol. The molecule has 162 valence electrons. The normalized spacial score (nSPS) is 21.7. The number of methoxy groups -OCH3 is 5. The second-order valence-corrected chi connectivity index (χ2v) is 7.68. The maximum absolute atomic E-state index is 11.3. The third kappa shape index (κ3) is 2.83. The van der Waals surface area contributed by atoms with Crippen molar-refractivity contribution in [1.29, 1.82) is 0 Å². The highest BCUT2D eigenvalue weighted by Crippen LogP contribution is 2.58. The zero-order valence-electron chi connectivity index (χ0n) is 18.2. The largest absolute Gasteiger partial charge is 0.504 e. The van der Waals surface area contributed by atoms with Gasteiger partial charge in [-0.2, -0.15) is 0 Å². The lowest BCUT2D eigenvalue weighted by Gasteiger charge is -2.30. The number of benzene rings is 2. The highest BCUT2D eigenvalue weighted by atomic mass is 16.5. The first-order valence-electron chi connectivity index (χ1n) is 9.92. The van der Waals surface area contributed by atoms with E-state index in [1.165, 1.54) is 7.11 Å². The van der Waals surface area contributed by atoms with E-state index in [2.05, 4.69) is 6.92 Å². The number of rotatable bonds is 5. The minimum Gasteiger partial charge on any atom is -0.504 e. The molecule has 2 bridgehead atoms. The van der Waals surface area contributed by atoms with E-state index in [1.54, 1.807) is 28.4 Å². The summed E-state index contributed by atoms with van der Waals surface area (Å²) in [6.45, 7) is 2.83. The molecule has 3 atom stereocenters. The molecule has 2 aliphatic rings. The quantitative estimate of drug-likeness (QED) is 0.790. The maximum atomic E-state index is 11.3. The van der Waals surface area contributed by atoms with Gasteiger partial charge in [-0.25, -0.2) is 0 Å². The van der Waals surface area contributed by atoms with Crippen molar-refractivity contribution in [2.24, 2.45) is 11.8 Å². The van der Waals surface area contributed by atoms with Crippen LogP contribution in [0.2, 0.25) is 0 Å². The van der Waals surface area contributed by atoms with E-state index < -0.39 is 0 Å². The van der Waals surface area contributed by atoms with Crippen LogP contribution in [0.25, 0.3) is 11.1 Å². The number of aromatic hydroxyl groups is 1. The van der Waals surface area contributed by atoms with Gasteiger partial charge in [0.25, 0.3) is 0 Å². The summed E-state index contributed by atoms with van der Waals surface area (Å²) in [6, 6.07) is 3.85. The van der Waals surface area contributed by atoms with E-state index in [9.17, 15) is 5.11 Å². The zero-order chi connectivity index (χ0) is 21.6. The van der Waals surface area contributed by atoms with Gasteiger partial charge in [0.15, 0.2) is 23.0 Å². The van der Waals surface area contributed by atoms with Crippen molar-refractivity contribution in [3.05, 3.63) is 23.3 Å². The van der Waals surface area contributed by atoms with Gasteiger partial charge in [-0.3, -0.25) is 0 Å². The first kappa shape index (κ1) is 20.5. The van der Waals surface area contributed by atoms with Crippen molar-refractivity contribution >= 4 is 0 Å². The predicted molar refractivity (Wildman–Crippen MR) is 111 cm³/mol. The van der Waals surface area contributed by atoms with E-state index in [4.69, 9.17) is 28.4 Å². The molecule has 2 aromatic carbocycles. The zero-order valence-corrected chi connectivity index (χ0v) is 18.2. The van der Waals surface area contributed by atoms with Gasteiger partial charge in [-0.1, -0.05) is 6.92 Å². The Balaban J connectivity index is 2.16. The molecule has 7 nitrogen and oxygen atoms in total. The first-order chi connectivity index (χ1) is 14.5. The minimum absolute atomic E-state index is 0.00701. The van der Waals surface area contributed by atoms with Crippen LogP contribution in [0.3, 0.4) is 0 Å². The predicted octanol–water partition coefficient (Wildman–Crippen LogP) is 3.98. The number of hydrogen-bond donors (Lipinski definition) is 1. The molecule has 0 saturated carbocycles. The molecule has 7 heteroatoms. The van der Waals surface area contributed by atoms with E-state index in [-0.39, 0.29) is 23.5 Å². The van der Waals surface area contributed by atoms with Gasteiger partial charge in [0.05, 0.1) is 48.3 Å². The van der Waals surface area contributed by atoms with Crippen LogP contribution in [0.4, 0.5) is 0 Å². The molecular weight excluding hydrogens is 388 g/mol. The van der Waals surface area contributed by atoms with Gasteiger partial charge >= 0.3 is 0 Å². The van der Waals surface area contributed by atoms with E-state index in [0.29, 0.717) is 41.1 Å². The molecule has 0 aromatic heterocycles. The summed E-state index contributed by atoms with van der Waals surface area (Å²) in [6.07, 6.45) is 0.581. The van der Waals surface area contributed by atoms with Crippen molar-refractivity contribution in [3.8, 4) is 45.6 Å². The Morgan fingerprint density at radius 3 is 2.07 bits per heavy atom. The third-order valence-electron chi connectivity index (χ3n) is 6.34. The van der Waals surface area contributed by atoms with Crippen LogP contribution < -0.4 is 23.7 Å². The Morgan fingerprint density at radius 2 is 1.47 bits per heavy atom. The van der Waals surface area contributed by atoms with E-state index in [1.807, 2.05) is 12.1 Å². The van der Waals surface area contributed by atoms with Crippen molar-refractivity contribution in [3.63, 3.8) is 0 Å². The van der Waals surface area contributed by atoms with E-state index >= 15 is 0 Å². The van der Waals surface area contributed by atoms with Crippen molar-refractivity contribution in [2.45, 2.75) is 19.4 Å². The summed E-state index contributed by atoms with van der Waals surface area (Å²) < 4.78 is 34.2. The molecule has 0 radical (unpaired) electrons. The van der Waals surface area contributed by atoms with Crippen LogP contribution in [0, 0.1) is 11.8 Å². The molecule has 1 saturated heterocycles. The van der Waals surface area contributed by atoms with Gasteiger partial charge in [0.2, 0.25) is 11.5 Å². The molecule has 30 heavy (non-hydrogen) atoms. The van der Waals surface area contributed by atoms with Gasteiger partial charge in [-0.15, -0.1) is 0 Å². The molecule has 4 rings (SSSR count). The average Bonchev–Trinajstić information content (AvgIpc) is 3.14. The van der Waals surface area contributed by atoms with Crippen LogP contribution in [0.1, 0.15) is 24.2 Å². The Morgan fingerprint density at radius 1 is 0.833 bits per heavy atom. The number of hydrogen-bond acceptors (Lipinski definition) is 7. The molecule has 0 spiro atoms. The SMILES string of the molecule is COc1cc2c(c(O)c1OC)-c1c(cc(OC)c(OC)c1OC)[C@H]1OC[C@@H](C2)[C@H]1C. The molecule has 0 amide bonds. The minimum atomic E-state index is -0.153. The van der Waals surface area contributed by atoms with Crippen LogP contribution >= 0.6 is 0 Å². The Bertz CT molecular complexity index is 969. The number of phenols is 1. The molecule has 1 aliphatic carbocycles. The Hall–Kier alpha value is -2.80. The number of phenolic OH excluding ortho intramolecular Hbond substituents is 1. The highest BCUT2D eigenvalue weighted by Gasteiger charge is 2.42. The first-order valence-corrected chi connectivity index (χ1v) is 9.92. The molecule has 1 fully saturated rings. The molecule has 1 N–H and O–H groups in total. The van der Waals surface area contributed by atoms with Crippen molar-refractivity contribution in [1.82, 2.24) is 0 Å². The smallest absolute Gasteiger partial charge is 0.203 e. The fourth-order valence-corrected chi connectivity index (χ4v) is 4.80. The highest BCUT2D eigenvalue weighted by molar-refractivity contribution is 5.88. The molecule has 2 aromatic rings. The lowest BCUT2D eigenvalue weighted by molar-refractivity contribution is 0.0936. The van der Waals surface area contributed by atoms with Crippen LogP contribution in [0.15, 0.2) is 12.1 Å². The Kier molecular flexibility index (Phi) is 5.32. The number of fused-ring (bicyclic) bond motifs is 6. The lowest BCUT2D eigenvalue weighted by atomic mass is 9.77. The van der Waals surface area contributed by atoms with Gasteiger partial charge in [-0.05, 0) is 41.5 Å². The maximum Gasteiger partial charge on any atom is 0.203 e. The summed E-state index contributed by atoms with van der Waals surface area (Å²) >= 11 is 0. The molecule has 0 unspecified atom stereocenters. The van der Waals surface area contributed by atoms with Crippen molar-refractivity contribution in [2.75, 3.05) is 42.2 Å². The Labute approximate surface area is 176 Å². The van der Waals surface area contributed by atoms with Gasteiger partial charge < -0.3 is 33.5 Å². The van der Waals surface area contributed by atoms with Gasteiger partial charge in [0.1, 0.15) is 0 Å². The standard InChI is InChI=1S/C23H28O7/c1-11-13-7-12-8-15(25-2)21(27-4)19(24)17(12)18-14(20(11)30-10-13)9-16(26-3)22(28-5)23(18)29-6/h8-9,11,13,20,24H,7,10H2,1-6H3/t11-,13-,20+/m1/s1. The molecule has 1 heterocycles. The average molecular weight is 416 g/mol. The van der Waals surface area contributed by atoms with Crippen LogP contribution in [0.5, 0.6) is 34.5 Å². The van der Waals surface area contributed by atoms with Crippen molar-refractivity contribution < 1.29 is 33.5 Å². The topological polar surface area (TPSA) is 75.6 Å². The summed E-state index contributed by atoms with van der Waals surface area (Å²) in [5.74, 6) is 2.84. The fraction of sp³-hybridized carbons (Fsp3) is 0.478. The lowest BCUT2D eigenvalue weighted by Crippen LogP contribution is -2.18. The molecule has 1 aliphatic heterocycles. The number of ether oxygens (including phenoxy) is 6. The second kappa shape index (κ2) is 7.80. The van der Waals surface area contributed by atoms with E-state index in [0.717, 1.165) is 23.1 Å². The summed E-state index contributed by atoms with van der Waals surface area (Å²) in [7, 11) is 7.81. The second-order valence-electron chi connectivity index (χ2n) is 7.68. The third-order valence-corrected chi connectivity index (χ3v) is 6.34. The summed E-state index contributed by atoms with van der Waals surface area (Å²) in [4.78, 5) is 0. The van der Waals surface area contributed by atoms with Crippen LogP contribution in [-0.4, -0.2) is 47.3 Å². The van der Waals surface area contributed by atoms with Crippen LogP contribution in [-0.2, 0) is 11.2 Å². The fourth-order valence-electron chi connectivity index (χ4n) is 4.80. The van der Waals surface area contributed by atoms with Gasteiger partial charge in [0, 0.05) is 11.1 Å².